The number of ether oxygens (including phenoxy) is 1. The zero-order valence-electron chi connectivity index (χ0n) is 14.0. The van der Waals surface area contributed by atoms with E-state index >= 15 is 0 Å². The average molecular weight is 413 g/mol. The molecule has 1 aromatic heterocycles. The summed E-state index contributed by atoms with van der Waals surface area (Å²) in [6.07, 6.45) is 0. The molecule has 5 nitrogen and oxygen atoms in total. The van der Waals surface area contributed by atoms with Crippen LogP contribution in [0.3, 0.4) is 0 Å². The average Bonchev–Trinajstić information content (AvgIpc) is 2.65. The van der Waals surface area contributed by atoms with Gasteiger partial charge >= 0.3 is 0 Å². The fraction of sp³-hybridized carbons (Fsp3) is 0.100. The highest BCUT2D eigenvalue weighted by atomic mass is 79.9. The van der Waals surface area contributed by atoms with E-state index < -0.39 is 5.91 Å². The summed E-state index contributed by atoms with van der Waals surface area (Å²) >= 11 is 3.19. The second-order valence-corrected chi connectivity index (χ2v) is 6.49. The summed E-state index contributed by atoms with van der Waals surface area (Å²) in [7, 11) is 0. The van der Waals surface area contributed by atoms with Gasteiger partial charge in [0.25, 0.3) is 5.91 Å². The summed E-state index contributed by atoms with van der Waals surface area (Å²) in [6.45, 7) is 1.86. The Hall–Kier alpha value is -2.86. The topological polar surface area (TPSA) is 71.5 Å². The third-order valence-corrected chi connectivity index (χ3v) is 4.20. The lowest BCUT2D eigenvalue weighted by molar-refractivity contribution is 0.0931. The van der Waals surface area contributed by atoms with Crippen LogP contribution in [-0.4, -0.2) is 16.0 Å². The summed E-state index contributed by atoms with van der Waals surface area (Å²) in [4.78, 5) is 16.3. The monoisotopic (exact) mass is 412 g/mol. The van der Waals surface area contributed by atoms with Crippen LogP contribution in [-0.2, 0) is 0 Å². The number of pyridine rings is 1. The molecule has 1 amide bonds. The van der Waals surface area contributed by atoms with E-state index in [9.17, 15) is 9.90 Å². The summed E-state index contributed by atoms with van der Waals surface area (Å²) in [5.41, 5.74) is 0.892. The number of hydrogen-bond acceptors (Lipinski definition) is 4. The van der Waals surface area contributed by atoms with E-state index in [4.69, 9.17) is 4.74 Å². The summed E-state index contributed by atoms with van der Waals surface area (Å²) < 4.78 is 6.24. The predicted molar refractivity (Wildman–Crippen MR) is 102 cm³/mol. The quantitative estimate of drug-likeness (QED) is 0.588. The molecule has 0 radical (unpaired) electrons. The molecule has 0 fully saturated rings. The Morgan fingerprint density at radius 2 is 1.69 bits per heavy atom. The van der Waals surface area contributed by atoms with E-state index in [-0.39, 0.29) is 17.5 Å². The molecule has 1 heterocycles. The molecule has 0 aliphatic carbocycles. The van der Waals surface area contributed by atoms with Gasteiger partial charge in [-0.05, 0) is 64.8 Å². The third-order valence-electron chi connectivity index (χ3n) is 3.76. The van der Waals surface area contributed by atoms with Gasteiger partial charge < -0.3 is 15.2 Å². The van der Waals surface area contributed by atoms with Crippen molar-refractivity contribution in [2.24, 2.45) is 0 Å². The molecule has 0 saturated carbocycles. The van der Waals surface area contributed by atoms with E-state index in [1.165, 1.54) is 6.07 Å². The van der Waals surface area contributed by atoms with Crippen molar-refractivity contribution in [3.63, 3.8) is 0 Å². The number of carbonyl (C=O) groups is 1. The summed E-state index contributed by atoms with van der Waals surface area (Å²) in [5, 5.41) is 12.6. The van der Waals surface area contributed by atoms with Gasteiger partial charge in [-0.3, -0.25) is 4.79 Å². The molecule has 2 N–H and O–H groups in total. The van der Waals surface area contributed by atoms with Crippen LogP contribution >= 0.6 is 15.9 Å². The Bertz CT molecular complexity index is 899. The fourth-order valence-electron chi connectivity index (χ4n) is 2.39. The number of rotatable bonds is 5. The molecule has 1 unspecified atom stereocenters. The SMILES string of the molecule is CC(NC(=O)c1nc(Br)ccc1O)c1ccc(Oc2ccccc2)cc1. The molecule has 132 valence electrons. The molecule has 1 atom stereocenters. The molecule has 0 bridgehead atoms. The van der Waals surface area contributed by atoms with Crippen LogP contribution in [0.1, 0.15) is 29.0 Å². The second kappa shape index (κ2) is 8.01. The minimum Gasteiger partial charge on any atom is -0.505 e. The van der Waals surface area contributed by atoms with Gasteiger partial charge in [-0.15, -0.1) is 0 Å². The number of aromatic hydroxyl groups is 1. The molecule has 2 aromatic carbocycles. The number of para-hydroxylation sites is 1. The largest absolute Gasteiger partial charge is 0.505 e. The van der Waals surface area contributed by atoms with Crippen LogP contribution in [0, 0.1) is 0 Å². The number of nitrogens with zero attached hydrogens (tertiary/aromatic N) is 1. The summed E-state index contributed by atoms with van der Waals surface area (Å²) in [6, 6.07) is 19.7. The molecule has 0 spiro atoms. The first kappa shape index (κ1) is 17.9. The van der Waals surface area contributed by atoms with Crippen LogP contribution in [0.5, 0.6) is 17.2 Å². The van der Waals surface area contributed by atoms with Crippen molar-refractivity contribution in [3.8, 4) is 17.2 Å². The van der Waals surface area contributed by atoms with Crippen LogP contribution in [0.2, 0.25) is 0 Å². The minimum absolute atomic E-state index is 0.0183. The third kappa shape index (κ3) is 4.40. The van der Waals surface area contributed by atoms with Gasteiger partial charge in [-0.2, -0.15) is 0 Å². The fourth-order valence-corrected chi connectivity index (χ4v) is 2.70. The van der Waals surface area contributed by atoms with Crippen molar-refractivity contribution in [1.82, 2.24) is 10.3 Å². The molecule has 26 heavy (non-hydrogen) atoms. The smallest absolute Gasteiger partial charge is 0.274 e. The Balaban J connectivity index is 1.67. The van der Waals surface area contributed by atoms with Gasteiger partial charge in [0.15, 0.2) is 5.69 Å². The van der Waals surface area contributed by atoms with E-state index in [0.717, 1.165) is 11.3 Å². The van der Waals surface area contributed by atoms with Gasteiger partial charge in [0.2, 0.25) is 0 Å². The maximum Gasteiger partial charge on any atom is 0.274 e. The van der Waals surface area contributed by atoms with Crippen molar-refractivity contribution in [2.75, 3.05) is 0 Å². The minimum atomic E-state index is -0.444. The second-order valence-electron chi connectivity index (χ2n) is 5.68. The van der Waals surface area contributed by atoms with E-state index in [1.807, 2.05) is 61.5 Å². The van der Waals surface area contributed by atoms with Gasteiger partial charge in [0.1, 0.15) is 21.9 Å². The van der Waals surface area contributed by atoms with Crippen LogP contribution < -0.4 is 10.1 Å². The number of benzene rings is 2. The number of hydrogen-bond donors (Lipinski definition) is 2. The van der Waals surface area contributed by atoms with E-state index in [2.05, 4.69) is 26.2 Å². The summed E-state index contributed by atoms with van der Waals surface area (Å²) in [5.74, 6) is 0.869. The van der Waals surface area contributed by atoms with Crippen LogP contribution in [0.15, 0.2) is 71.3 Å². The van der Waals surface area contributed by atoms with Gasteiger partial charge in [0, 0.05) is 0 Å². The predicted octanol–water partition coefficient (Wildman–Crippen LogP) is 4.83. The lowest BCUT2D eigenvalue weighted by Crippen LogP contribution is -2.27. The highest BCUT2D eigenvalue weighted by molar-refractivity contribution is 9.10. The van der Waals surface area contributed by atoms with E-state index in [1.54, 1.807) is 6.07 Å². The number of carbonyl (C=O) groups excluding carboxylic acids is 1. The van der Waals surface area contributed by atoms with Crippen molar-refractivity contribution >= 4 is 21.8 Å². The van der Waals surface area contributed by atoms with Crippen molar-refractivity contribution in [2.45, 2.75) is 13.0 Å². The molecule has 0 aliphatic rings. The molecular formula is C20H17BrN2O3. The molecular weight excluding hydrogens is 396 g/mol. The molecule has 0 aliphatic heterocycles. The first-order chi connectivity index (χ1) is 12.5. The van der Waals surface area contributed by atoms with Gasteiger partial charge in [-0.1, -0.05) is 30.3 Å². The maximum atomic E-state index is 12.3. The Kier molecular flexibility index (Phi) is 5.53. The van der Waals surface area contributed by atoms with Crippen molar-refractivity contribution in [3.05, 3.63) is 82.6 Å². The van der Waals surface area contributed by atoms with Crippen LogP contribution in [0.4, 0.5) is 0 Å². The number of nitrogens with one attached hydrogen (secondary N) is 1. The number of amides is 1. The highest BCUT2D eigenvalue weighted by Crippen LogP contribution is 2.24. The first-order valence-corrected chi connectivity index (χ1v) is 8.81. The number of aromatic nitrogens is 1. The Labute approximate surface area is 159 Å². The lowest BCUT2D eigenvalue weighted by Gasteiger charge is -2.15. The van der Waals surface area contributed by atoms with Gasteiger partial charge in [0.05, 0.1) is 6.04 Å². The van der Waals surface area contributed by atoms with Crippen LogP contribution in [0.25, 0.3) is 0 Å². The number of halogens is 1. The zero-order valence-corrected chi connectivity index (χ0v) is 15.6. The highest BCUT2D eigenvalue weighted by Gasteiger charge is 2.17. The normalized spacial score (nSPS) is 11.6. The molecule has 6 heteroatoms. The molecule has 3 rings (SSSR count). The van der Waals surface area contributed by atoms with Gasteiger partial charge in [-0.25, -0.2) is 4.98 Å². The van der Waals surface area contributed by atoms with Crippen molar-refractivity contribution in [1.29, 1.82) is 0 Å². The maximum absolute atomic E-state index is 12.3. The molecule has 0 saturated heterocycles. The first-order valence-electron chi connectivity index (χ1n) is 8.02. The zero-order chi connectivity index (χ0) is 18.5. The Morgan fingerprint density at radius 1 is 1.04 bits per heavy atom. The van der Waals surface area contributed by atoms with Crippen molar-refractivity contribution < 1.29 is 14.6 Å². The van der Waals surface area contributed by atoms with E-state index in [0.29, 0.717) is 10.4 Å². The standard InChI is InChI=1S/C20H17BrN2O3/c1-13(22-20(25)19-17(24)11-12-18(21)23-19)14-7-9-16(10-8-14)26-15-5-3-2-4-6-15/h2-13,24H,1H3,(H,22,25). The Morgan fingerprint density at radius 3 is 2.38 bits per heavy atom. The lowest BCUT2D eigenvalue weighted by atomic mass is 10.1. The molecule has 3 aromatic rings.